The van der Waals surface area contributed by atoms with Crippen LogP contribution in [0.2, 0.25) is 0 Å². The van der Waals surface area contributed by atoms with Crippen molar-refractivity contribution in [1.82, 2.24) is 14.7 Å². The van der Waals surface area contributed by atoms with E-state index in [1.54, 1.807) is 28.8 Å². The number of nitrogens with one attached hydrogen (secondary N) is 1. The van der Waals surface area contributed by atoms with Crippen LogP contribution >= 0.6 is 15.9 Å². The molecule has 186 valence electrons. The maximum absolute atomic E-state index is 13.2. The molecule has 35 heavy (non-hydrogen) atoms. The standard InChI is InChI=1S/C27H33BrN4O3/c1-19-7-13-22(14-8-19)32-24(17-23(30-32)27(2,3)4)29-25(33)18-31(15-6-16-35-5)26(34)20-9-11-21(28)12-10-20/h7-14,17H,6,15-16,18H2,1-5H3,(H,29,33). The summed E-state index contributed by atoms with van der Waals surface area (Å²) in [5.74, 6) is 0.0736. The van der Waals surface area contributed by atoms with Crippen LogP contribution in [0.5, 0.6) is 0 Å². The lowest BCUT2D eigenvalue weighted by Gasteiger charge is -2.22. The van der Waals surface area contributed by atoms with Crippen LogP contribution in [0.25, 0.3) is 5.69 Å². The van der Waals surface area contributed by atoms with Crippen LogP contribution < -0.4 is 5.32 Å². The minimum absolute atomic E-state index is 0.0808. The number of nitrogens with zero attached hydrogens (tertiary/aromatic N) is 3. The van der Waals surface area contributed by atoms with E-state index >= 15 is 0 Å². The van der Waals surface area contributed by atoms with E-state index in [2.05, 4.69) is 42.0 Å². The smallest absolute Gasteiger partial charge is 0.254 e. The van der Waals surface area contributed by atoms with Crippen molar-refractivity contribution in [1.29, 1.82) is 0 Å². The highest BCUT2D eigenvalue weighted by molar-refractivity contribution is 9.10. The Morgan fingerprint density at radius 3 is 2.34 bits per heavy atom. The first-order valence-corrected chi connectivity index (χ1v) is 12.4. The molecule has 3 aromatic rings. The first-order valence-electron chi connectivity index (χ1n) is 11.6. The van der Waals surface area contributed by atoms with Crippen molar-refractivity contribution in [3.05, 3.63) is 75.9 Å². The fourth-order valence-corrected chi connectivity index (χ4v) is 3.77. The van der Waals surface area contributed by atoms with E-state index in [1.807, 2.05) is 49.4 Å². The van der Waals surface area contributed by atoms with Gasteiger partial charge in [-0.3, -0.25) is 9.59 Å². The predicted molar refractivity (Wildman–Crippen MR) is 142 cm³/mol. The molecule has 1 aromatic heterocycles. The number of aromatic nitrogens is 2. The summed E-state index contributed by atoms with van der Waals surface area (Å²) in [6.45, 7) is 9.08. The third-order valence-electron chi connectivity index (χ3n) is 5.51. The van der Waals surface area contributed by atoms with E-state index in [9.17, 15) is 9.59 Å². The Balaban J connectivity index is 1.84. The molecule has 0 aliphatic heterocycles. The van der Waals surface area contributed by atoms with Gasteiger partial charge < -0.3 is 15.0 Å². The zero-order valence-electron chi connectivity index (χ0n) is 21.0. The number of carbonyl (C=O) groups excluding carboxylic acids is 2. The fourth-order valence-electron chi connectivity index (χ4n) is 3.50. The van der Waals surface area contributed by atoms with Gasteiger partial charge in [0.1, 0.15) is 12.4 Å². The summed E-state index contributed by atoms with van der Waals surface area (Å²) >= 11 is 3.39. The summed E-state index contributed by atoms with van der Waals surface area (Å²) in [6.07, 6.45) is 0.627. The maximum Gasteiger partial charge on any atom is 0.254 e. The van der Waals surface area contributed by atoms with Gasteiger partial charge in [0.25, 0.3) is 5.91 Å². The van der Waals surface area contributed by atoms with Gasteiger partial charge in [-0.1, -0.05) is 54.4 Å². The monoisotopic (exact) mass is 540 g/mol. The first-order chi connectivity index (χ1) is 16.6. The molecule has 0 saturated heterocycles. The Hall–Kier alpha value is -2.97. The Kier molecular flexibility index (Phi) is 8.86. The van der Waals surface area contributed by atoms with Gasteiger partial charge in [0, 0.05) is 41.8 Å². The number of ether oxygens (including phenoxy) is 1. The number of hydrogen-bond acceptors (Lipinski definition) is 4. The van der Waals surface area contributed by atoms with E-state index in [1.165, 1.54) is 0 Å². The molecule has 0 bridgehead atoms. The number of hydrogen-bond donors (Lipinski definition) is 1. The van der Waals surface area contributed by atoms with E-state index < -0.39 is 0 Å². The highest BCUT2D eigenvalue weighted by Crippen LogP contribution is 2.26. The number of carbonyl (C=O) groups is 2. The minimum atomic E-state index is -0.290. The Bertz CT molecular complexity index is 1150. The van der Waals surface area contributed by atoms with Crippen LogP contribution in [-0.4, -0.2) is 53.3 Å². The third kappa shape index (κ3) is 7.26. The van der Waals surface area contributed by atoms with Gasteiger partial charge in [-0.25, -0.2) is 4.68 Å². The summed E-state index contributed by atoms with van der Waals surface area (Å²) < 4.78 is 7.77. The van der Waals surface area contributed by atoms with Crippen LogP contribution in [0.1, 0.15) is 48.8 Å². The molecule has 0 unspecified atom stereocenters. The molecule has 2 aromatic carbocycles. The molecule has 0 fully saturated rings. The van der Waals surface area contributed by atoms with Crippen LogP contribution in [-0.2, 0) is 14.9 Å². The molecule has 0 radical (unpaired) electrons. The number of aryl methyl sites for hydroxylation is 1. The zero-order valence-corrected chi connectivity index (χ0v) is 22.6. The topological polar surface area (TPSA) is 76.5 Å². The van der Waals surface area contributed by atoms with Crippen LogP contribution in [0, 0.1) is 6.92 Å². The van der Waals surface area contributed by atoms with Crippen molar-refractivity contribution in [2.24, 2.45) is 0 Å². The van der Waals surface area contributed by atoms with Gasteiger partial charge in [0.15, 0.2) is 0 Å². The van der Waals surface area contributed by atoms with Crippen molar-refractivity contribution < 1.29 is 14.3 Å². The highest BCUT2D eigenvalue weighted by Gasteiger charge is 2.23. The molecule has 2 amide bonds. The number of benzene rings is 2. The summed E-state index contributed by atoms with van der Waals surface area (Å²) in [7, 11) is 1.62. The highest BCUT2D eigenvalue weighted by atomic mass is 79.9. The molecule has 3 rings (SSSR count). The van der Waals surface area contributed by atoms with Crippen molar-refractivity contribution in [2.45, 2.75) is 39.5 Å². The number of anilines is 1. The SMILES string of the molecule is COCCCN(CC(=O)Nc1cc(C(C)(C)C)nn1-c1ccc(C)cc1)C(=O)c1ccc(Br)cc1. The van der Waals surface area contributed by atoms with Gasteiger partial charge in [0.2, 0.25) is 5.91 Å². The number of amides is 2. The van der Waals surface area contributed by atoms with Gasteiger partial charge in [-0.2, -0.15) is 5.10 Å². The number of methoxy groups -OCH3 is 1. The van der Waals surface area contributed by atoms with E-state index in [-0.39, 0.29) is 23.8 Å². The van der Waals surface area contributed by atoms with Crippen LogP contribution in [0.3, 0.4) is 0 Å². The Labute approximate surface area is 215 Å². The first kappa shape index (κ1) is 26.6. The van der Waals surface area contributed by atoms with Crippen molar-refractivity contribution in [2.75, 3.05) is 32.1 Å². The second-order valence-corrected chi connectivity index (χ2v) is 10.5. The average Bonchev–Trinajstić information content (AvgIpc) is 3.23. The van der Waals surface area contributed by atoms with Gasteiger partial charge in [0.05, 0.1) is 11.4 Å². The fraction of sp³-hybridized carbons (Fsp3) is 0.370. The second kappa shape index (κ2) is 11.6. The van der Waals surface area contributed by atoms with E-state index in [4.69, 9.17) is 9.84 Å². The van der Waals surface area contributed by atoms with Gasteiger partial charge in [-0.05, 0) is 49.7 Å². The van der Waals surface area contributed by atoms with E-state index in [0.29, 0.717) is 31.0 Å². The summed E-state index contributed by atoms with van der Waals surface area (Å²) in [4.78, 5) is 27.9. The third-order valence-corrected chi connectivity index (χ3v) is 6.04. The summed E-state index contributed by atoms with van der Waals surface area (Å²) in [5, 5.41) is 7.75. The molecule has 1 N–H and O–H groups in total. The lowest BCUT2D eigenvalue weighted by atomic mass is 9.92. The lowest BCUT2D eigenvalue weighted by molar-refractivity contribution is -0.117. The summed E-state index contributed by atoms with van der Waals surface area (Å²) in [6, 6.07) is 17.0. The molecule has 1 heterocycles. The number of halogens is 1. The van der Waals surface area contributed by atoms with Gasteiger partial charge >= 0.3 is 0 Å². The molecule has 7 nitrogen and oxygen atoms in total. The molecule has 8 heteroatoms. The molecular formula is C27H33BrN4O3. The molecular weight excluding hydrogens is 508 g/mol. The Morgan fingerprint density at radius 2 is 1.74 bits per heavy atom. The summed E-state index contributed by atoms with van der Waals surface area (Å²) in [5.41, 5.74) is 3.18. The minimum Gasteiger partial charge on any atom is -0.385 e. The van der Waals surface area contributed by atoms with Crippen LogP contribution in [0.4, 0.5) is 5.82 Å². The molecule has 0 aliphatic rings. The van der Waals surface area contributed by atoms with Crippen molar-refractivity contribution >= 4 is 33.6 Å². The quantitative estimate of drug-likeness (QED) is 0.370. The second-order valence-electron chi connectivity index (χ2n) is 9.54. The Morgan fingerprint density at radius 1 is 1.09 bits per heavy atom. The van der Waals surface area contributed by atoms with Crippen LogP contribution in [0.15, 0.2) is 59.1 Å². The zero-order chi connectivity index (χ0) is 25.6. The average molecular weight is 541 g/mol. The molecule has 0 spiro atoms. The molecule has 0 atom stereocenters. The number of rotatable bonds is 9. The maximum atomic E-state index is 13.2. The lowest BCUT2D eigenvalue weighted by Crippen LogP contribution is -2.39. The van der Waals surface area contributed by atoms with Gasteiger partial charge in [-0.15, -0.1) is 0 Å². The van der Waals surface area contributed by atoms with Crippen molar-refractivity contribution in [3.63, 3.8) is 0 Å². The molecule has 0 saturated carbocycles. The normalized spacial score (nSPS) is 11.4. The molecule has 0 aliphatic carbocycles. The van der Waals surface area contributed by atoms with E-state index in [0.717, 1.165) is 21.4 Å². The predicted octanol–water partition coefficient (Wildman–Crippen LogP) is 5.36. The van der Waals surface area contributed by atoms with Crippen molar-refractivity contribution in [3.8, 4) is 5.69 Å². The largest absolute Gasteiger partial charge is 0.385 e.